The first-order chi connectivity index (χ1) is 8.81. The van der Waals surface area contributed by atoms with Crippen molar-refractivity contribution in [1.82, 2.24) is 14.7 Å². The average molecular weight is 331 g/mol. The van der Waals surface area contributed by atoms with Crippen molar-refractivity contribution in [2.24, 2.45) is 5.73 Å². The van der Waals surface area contributed by atoms with Crippen molar-refractivity contribution >= 4 is 15.9 Å². The lowest BCUT2D eigenvalue weighted by Gasteiger charge is -2.43. The van der Waals surface area contributed by atoms with Gasteiger partial charge in [0, 0.05) is 11.6 Å². The fraction of sp³-hybridized carbons (Fsp3) is 0.786. The quantitative estimate of drug-likeness (QED) is 0.870. The maximum Gasteiger partial charge on any atom is 0.0715 e. The Kier molecular flexibility index (Phi) is 5.59. The minimum atomic E-state index is -0.0724. The normalized spacial score (nSPS) is 14.4. The lowest BCUT2D eigenvalue weighted by molar-refractivity contribution is 0.101. The van der Waals surface area contributed by atoms with Crippen LogP contribution in [0.15, 0.2) is 10.7 Å². The maximum atomic E-state index is 6.65. The minimum Gasteiger partial charge on any atom is -0.321 e. The molecule has 0 aliphatic carbocycles. The molecule has 1 atom stereocenters. The van der Waals surface area contributed by atoms with Gasteiger partial charge in [0.05, 0.1) is 22.4 Å². The van der Waals surface area contributed by atoms with Gasteiger partial charge < -0.3 is 10.6 Å². The van der Waals surface area contributed by atoms with Crippen LogP contribution in [0.5, 0.6) is 0 Å². The number of likely N-dealkylation sites (N-methyl/N-ethyl adjacent to an activating group) is 1. The zero-order valence-corrected chi connectivity index (χ0v) is 14.5. The van der Waals surface area contributed by atoms with Crippen LogP contribution in [0.25, 0.3) is 0 Å². The molecule has 19 heavy (non-hydrogen) atoms. The summed E-state index contributed by atoms with van der Waals surface area (Å²) in [6.07, 6.45) is 3.86. The first kappa shape index (κ1) is 16.7. The third-order valence-corrected chi connectivity index (χ3v) is 4.88. The fourth-order valence-electron chi connectivity index (χ4n) is 2.91. The van der Waals surface area contributed by atoms with Crippen molar-refractivity contribution in [1.29, 1.82) is 0 Å². The topological polar surface area (TPSA) is 47.1 Å². The van der Waals surface area contributed by atoms with Gasteiger partial charge in [-0.1, -0.05) is 13.8 Å². The highest BCUT2D eigenvalue weighted by Crippen LogP contribution is 2.37. The Balaban J connectivity index is 3.31. The zero-order chi connectivity index (χ0) is 14.8. The molecule has 0 spiro atoms. The van der Waals surface area contributed by atoms with Crippen LogP contribution in [0.3, 0.4) is 0 Å². The molecule has 5 heteroatoms. The van der Waals surface area contributed by atoms with Gasteiger partial charge in [-0.15, -0.1) is 0 Å². The van der Waals surface area contributed by atoms with Crippen LogP contribution in [0.2, 0.25) is 0 Å². The van der Waals surface area contributed by atoms with Gasteiger partial charge in [-0.05, 0) is 56.7 Å². The van der Waals surface area contributed by atoms with Gasteiger partial charge >= 0.3 is 0 Å². The van der Waals surface area contributed by atoms with E-state index in [0.29, 0.717) is 6.04 Å². The second-order valence-electron chi connectivity index (χ2n) is 5.60. The Labute approximate surface area is 125 Å². The molecule has 1 aromatic rings. The molecule has 0 fully saturated rings. The Hall–Kier alpha value is -0.390. The number of halogens is 1. The zero-order valence-electron chi connectivity index (χ0n) is 12.9. The molecular weight excluding hydrogens is 304 g/mol. The van der Waals surface area contributed by atoms with Crippen LogP contribution in [0, 0.1) is 0 Å². The number of hydrogen-bond acceptors (Lipinski definition) is 3. The lowest BCUT2D eigenvalue weighted by Crippen LogP contribution is -2.52. The summed E-state index contributed by atoms with van der Waals surface area (Å²) in [4.78, 5) is 2.25. The van der Waals surface area contributed by atoms with Crippen LogP contribution >= 0.6 is 15.9 Å². The molecule has 2 N–H and O–H groups in total. The van der Waals surface area contributed by atoms with Crippen LogP contribution in [0.4, 0.5) is 0 Å². The molecule has 1 unspecified atom stereocenters. The smallest absolute Gasteiger partial charge is 0.0715 e. The molecule has 4 nitrogen and oxygen atoms in total. The summed E-state index contributed by atoms with van der Waals surface area (Å²) in [5.41, 5.74) is 7.69. The standard InChI is InChI=1S/C14H27BrN4/c1-7-14(8-2,18(5)6)13(16)12-11(15)9-17-19(12)10(3)4/h9-10,13H,7-8,16H2,1-6H3. The molecule has 1 rings (SSSR count). The van der Waals surface area contributed by atoms with Crippen LogP contribution < -0.4 is 5.73 Å². The highest BCUT2D eigenvalue weighted by atomic mass is 79.9. The van der Waals surface area contributed by atoms with Crippen LogP contribution in [-0.4, -0.2) is 34.3 Å². The molecular formula is C14H27BrN4. The fourth-order valence-corrected chi connectivity index (χ4v) is 3.43. The van der Waals surface area contributed by atoms with E-state index in [4.69, 9.17) is 5.73 Å². The van der Waals surface area contributed by atoms with Crippen molar-refractivity contribution < 1.29 is 0 Å². The molecule has 0 aromatic carbocycles. The molecule has 1 heterocycles. The summed E-state index contributed by atoms with van der Waals surface area (Å²) < 4.78 is 3.03. The Bertz CT molecular complexity index is 408. The number of nitrogens with zero attached hydrogens (tertiary/aromatic N) is 3. The van der Waals surface area contributed by atoms with Gasteiger partial charge in [-0.2, -0.15) is 5.10 Å². The molecule has 0 saturated heterocycles. The number of hydrogen-bond donors (Lipinski definition) is 1. The van der Waals surface area contributed by atoms with Crippen molar-refractivity contribution in [2.45, 2.75) is 58.2 Å². The minimum absolute atomic E-state index is 0.0464. The summed E-state index contributed by atoms with van der Waals surface area (Å²) in [6.45, 7) is 8.66. The van der Waals surface area contributed by atoms with Gasteiger partial charge in [0.15, 0.2) is 0 Å². The van der Waals surface area contributed by atoms with E-state index in [1.54, 1.807) is 0 Å². The Morgan fingerprint density at radius 2 is 1.89 bits per heavy atom. The predicted octanol–water partition coefficient (Wildman–Crippen LogP) is 3.35. The predicted molar refractivity (Wildman–Crippen MR) is 84.2 cm³/mol. The highest BCUT2D eigenvalue weighted by molar-refractivity contribution is 9.10. The van der Waals surface area contributed by atoms with Crippen molar-refractivity contribution in [2.75, 3.05) is 14.1 Å². The van der Waals surface area contributed by atoms with E-state index in [2.05, 4.69) is 67.7 Å². The summed E-state index contributed by atoms with van der Waals surface area (Å²) in [6, 6.07) is 0.234. The Morgan fingerprint density at radius 1 is 1.37 bits per heavy atom. The van der Waals surface area contributed by atoms with Crippen LogP contribution in [0.1, 0.15) is 58.3 Å². The first-order valence-corrected chi connectivity index (χ1v) is 7.77. The van der Waals surface area contributed by atoms with Gasteiger partial charge in [0.1, 0.15) is 0 Å². The second kappa shape index (κ2) is 6.37. The van der Waals surface area contributed by atoms with Gasteiger partial charge in [0.2, 0.25) is 0 Å². The average Bonchev–Trinajstić information content (AvgIpc) is 2.72. The number of aromatic nitrogens is 2. The molecule has 0 aliphatic rings. The maximum absolute atomic E-state index is 6.65. The number of rotatable bonds is 6. The van der Waals surface area contributed by atoms with E-state index in [1.165, 1.54) is 0 Å². The monoisotopic (exact) mass is 330 g/mol. The van der Waals surface area contributed by atoms with E-state index in [9.17, 15) is 0 Å². The second-order valence-corrected chi connectivity index (χ2v) is 6.45. The molecule has 110 valence electrons. The Morgan fingerprint density at radius 3 is 2.26 bits per heavy atom. The van der Waals surface area contributed by atoms with Crippen LogP contribution in [-0.2, 0) is 0 Å². The van der Waals surface area contributed by atoms with Crippen molar-refractivity contribution in [3.63, 3.8) is 0 Å². The van der Waals surface area contributed by atoms with E-state index >= 15 is 0 Å². The van der Waals surface area contributed by atoms with Gasteiger partial charge in [-0.3, -0.25) is 4.68 Å². The molecule has 0 bridgehead atoms. The van der Waals surface area contributed by atoms with Crippen molar-refractivity contribution in [3.05, 3.63) is 16.4 Å². The third-order valence-electron chi connectivity index (χ3n) is 4.26. The summed E-state index contributed by atoms with van der Waals surface area (Å²) >= 11 is 3.60. The summed E-state index contributed by atoms with van der Waals surface area (Å²) in [7, 11) is 4.22. The summed E-state index contributed by atoms with van der Waals surface area (Å²) in [5.74, 6) is 0. The van der Waals surface area contributed by atoms with Gasteiger partial charge in [-0.25, -0.2) is 0 Å². The molecule has 1 aromatic heterocycles. The van der Waals surface area contributed by atoms with E-state index < -0.39 is 0 Å². The van der Waals surface area contributed by atoms with Crippen molar-refractivity contribution in [3.8, 4) is 0 Å². The van der Waals surface area contributed by atoms with E-state index in [0.717, 1.165) is 23.0 Å². The third kappa shape index (κ3) is 2.88. The SMILES string of the molecule is CCC(CC)(C(N)c1c(Br)cnn1C(C)C)N(C)C. The van der Waals surface area contributed by atoms with Gasteiger partial charge in [0.25, 0.3) is 0 Å². The molecule has 0 amide bonds. The molecule has 0 radical (unpaired) electrons. The van der Waals surface area contributed by atoms with E-state index in [1.807, 2.05) is 10.9 Å². The lowest BCUT2D eigenvalue weighted by atomic mass is 9.82. The first-order valence-electron chi connectivity index (χ1n) is 6.97. The highest BCUT2D eigenvalue weighted by Gasteiger charge is 2.39. The number of nitrogens with two attached hydrogens (primary N) is 1. The largest absolute Gasteiger partial charge is 0.321 e. The molecule has 0 saturated carbocycles. The van der Waals surface area contributed by atoms with E-state index in [-0.39, 0.29) is 11.6 Å². The summed E-state index contributed by atoms with van der Waals surface area (Å²) in [5, 5.41) is 4.45. The molecule has 0 aliphatic heterocycles.